The maximum absolute atomic E-state index is 11.2. The lowest BCUT2D eigenvalue weighted by molar-refractivity contribution is 0.111. The van der Waals surface area contributed by atoms with Crippen molar-refractivity contribution in [2.45, 2.75) is 50.9 Å². The summed E-state index contributed by atoms with van der Waals surface area (Å²) >= 11 is 0. The van der Waals surface area contributed by atoms with Crippen LogP contribution in [0.3, 0.4) is 0 Å². The van der Waals surface area contributed by atoms with E-state index in [0.717, 1.165) is 17.6 Å². The van der Waals surface area contributed by atoms with Gasteiger partial charge in [-0.1, -0.05) is 6.42 Å². The number of rotatable bonds is 5. The van der Waals surface area contributed by atoms with E-state index in [1.165, 1.54) is 43.2 Å². The third-order valence-electron chi connectivity index (χ3n) is 4.20. The van der Waals surface area contributed by atoms with Crippen LogP contribution in [0.1, 0.15) is 72.3 Å². The first-order valence-electron chi connectivity index (χ1n) is 7.09. The zero-order chi connectivity index (χ0) is 12.5. The minimum atomic E-state index is 0.619. The summed E-state index contributed by atoms with van der Waals surface area (Å²) in [6.45, 7) is 2.58. The second kappa shape index (κ2) is 4.75. The van der Waals surface area contributed by atoms with Crippen LogP contribution in [0.25, 0.3) is 0 Å². The Morgan fingerprint density at radius 3 is 2.33 bits per heavy atom. The molecule has 2 fully saturated rings. The van der Waals surface area contributed by atoms with Gasteiger partial charge in [-0.25, -0.2) is 0 Å². The van der Waals surface area contributed by atoms with E-state index in [1.54, 1.807) is 0 Å². The predicted molar refractivity (Wildman–Crippen MR) is 71.6 cm³/mol. The molecule has 2 heteroatoms. The van der Waals surface area contributed by atoms with Crippen molar-refractivity contribution in [3.05, 3.63) is 28.8 Å². The molecule has 96 valence electrons. The summed E-state index contributed by atoms with van der Waals surface area (Å²) in [6, 6.07) is 4.23. The van der Waals surface area contributed by atoms with E-state index in [2.05, 4.69) is 12.1 Å². The van der Waals surface area contributed by atoms with Gasteiger partial charge in [-0.3, -0.25) is 4.79 Å². The molecule has 0 N–H and O–H groups in total. The molecule has 0 radical (unpaired) electrons. The predicted octanol–water partition coefficient (Wildman–Crippen LogP) is 4.04. The Morgan fingerprint density at radius 2 is 1.83 bits per heavy atom. The summed E-state index contributed by atoms with van der Waals surface area (Å²) in [4.78, 5) is 11.2. The summed E-state index contributed by atoms with van der Waals surface area (Å²) in [5.74, 6) is 2.19. The minimum absolute atomic E-state index is 0.619. The van der Waals surface area contributed by atoms with Crippen molar-refractivity contribution in [2.24, 2.45) is 0 Å². The van der Waals surface area contributed by atoms with Gasteiger partial charge in [0, 0.05) is 0 Å². The molecule has 1 aromatic carbocycles. The third-order valence-corrected chi connectivity index (χ3v) is 4.20. The summed E-state index contributed by atoms with van der Waals surface area (Å²) in [7, 11) is 0. The van der Waals surface area contributed by atoms with Crippen LogP contribution in [0.5, 0.6) is 5.75 Å². The lowest BCUT2D eigenvalue weighted by Gasteiger charge is -2.29. The van der Waals surface area contributed by atoms with Gasteiger partial charge in [0.05, 0.1) is 12.2 Å². The zero-order valence-corrected chi connectivity index (χ0v) is 10.9. The average molecular weight is 244 g/mol. The van der Waals surface area contributed by atoms with Gasteiger partial charge in [0.2, 0.25) is 0 Å². The molecular formula is C16H20O2. The van der Waals surface area contributed by atoms with Gasteiger partial charge in [-0.05, 0) is 67.7 Å². The van der Waals surface area contributed by atoms with Crippen molar-refractivity contribution in [2.75, 3.05) is 6.61 Å². The Balaban J connectivity index is 2.02. The van der Waals surface area contributed by atoms with Crippen LogP contribution in [0, 0.1) is 0 Å². The number of hydrogen-bond acceptors (Lipinski definition) is 2. The molecule has 2 nitrogen and oxygen atoms in total. The molecular weight excluding hydrogens is 224 g/mol. The number of carbonyl (C=O) groups is 1. The van der Waals surface area contributed by atoms with E-state index in [9.17, 15) is 4.79 Å². The van der Waals surface area contributed by atoms with Gasteiger partial charge in [0.25, 0.3) is 0 Å². The van der Waals surface area contributed by atoms with E-state index >= 15 is 0 Å². The lowest BCUT2D eigenvalue weighted by atomic mass is 9.77. The first kappa shape index (κ1) is 11.8. The van der Waals surface area contributed by atoms with Crippen LogP contribution in [0.2, 0.25) is 0 Å². The van der Waals surface area contributed by atoms with E-state index in [-0.39, 0.29) is 0 Å². The standard InChI is InChI=1S/C16H20O2/c1-2-18-16-9-15(11-4-3-5-11)14(12-6-7-12)8-13(16)10-17/h8-12H,2-7H2,1H3. The van der Waals surface area contributed by atoms with Crippen molar-refractivity contribution < 1.29 is 9.53 Å². The molecule has 2 saturated carbocycles. The van der Waals surface area contributed by atoms with Gasteiger partial charge in [-0.2, -0.15) is 0 Å². The monoisotopic (exact) mass is 244 g/mol. The second-order valence-corrected chi connectivity index (χ2v) is 5.47. The fourth-order valence-corrected chi connectivity index (χ4v) is 2.82. The van der Waals surface area contributed by atoms with Crippen molar-refractivity contribution in [1.29, 1.82) is 0 Å². The lowest BCUT2D eigenvalue weighted by Crippen LogP contribution is -2.12. The molecule has 3 rings (SSSR count). The van der Waals surface area contributed by atoms with Crippen LogP contribution in [0.15, 0.2) is 12.1 Å². The molecule has 0 amide bonds. The quantitative estimate of drug-likeness (QED) is 0.731. The van der Waals surface area contributed by atoms with E-state index in [0.29, 0.717) is 18.4 Å². The number of ether oxygens (including phenoxy) is 1. The van der Waals surface area contributed by atoms with Gasteiger partial charge >= 0.3 is 0 Å². The van der Waals surface area contributed by atoms with Gasteiger partial charge < -0.3 is 4.74 Å². The van der Waals surface area contributed by atoms with Crippen LogP contribution in [-0.2, 0) is 0 Å². The van der Waals surface area contributed by atoms with Gasteiger partial charge in [0.15, 0.2) is 6.29 Å². The number of carbonyl (C=O) groups excluding carboxylic acids is 1. The Bertz CT molecular complexity index is 456. The molecule has 2 aliphatic rings. The maximum atomic E-state index is 11.2. The van der Waals surface area contributed by atoms with E-state index in [1.807, 2.05) is 6.92 Å². The van der Waals surface area contributed by atoms with Crippen molar-refractivity contribution in [3.8, 4) is 5.75 Å². The number of benzene rings is 1. The van der Waals surface area contributed by atoms with E-state index < -0.39 is 0 Å². The summed E-state index contributed by atoms with van der Waals surface area (Å²) in [5.41, 5.74) is 3.60. The van der Waals surface area contributed by atoms with Gasteiger partial charge in [0.1, 0.15) is 5.75 Å². The molecule has 0 heterocycles. The van der Waals surface area contributed by atoms with Gasteiger partial charge in [-0.15, -0.1) is 0 Å². The molecule has 0 aliphatic heterocycles. The molecule has 0 spiro atoms. The SMILES string of the molecule is CCOc1cc(C2CCC2)c(C2CC2)cc1C=O. The minimum Gasteiger partial charge on any atom is -0.493 e. The first-order chi connectivity index (χ1) is 8.83. The molecule has 0 unspecified atom stereocenters. The van der Waals surface area contributed by atoms with E-state index in [4.69, 9.17) is 4.74 Å². The molecule has 0 atom stereocenters. The average Bonchev–Trinajstić information content (AvgIpc) is 3.11. The van der Waals surface area contributed by atoms with Crippen LogP contribution < -0.4 is 4.74 Å². The van der Waals surface area contributed by atoms with Crippen molar-refractivity contribution in [3.63, 3.8) is 0 Å². The topological polar surface area (TPSA) is 26.3 Å². The Morgan fingerprint density at radius 1 is 1.17 bits per heavy atom. The van der Waals surface area contributed by atoms with Crippen molar-refractivity contribution >= 4 is 6.29 Å². The van der Waals surface area contributed by atoms with Crippen LogP contribution >= 0.6 is 0 Å². The molecule has 1 aromatic rings. The zero-order valence-electron chi connectivity index (χ0n) is 10.9. The second-order valence-electron chi connectivity index (χ2n) is 5.47. The highest BCUT2D eigenvalue weighted by Gasteiger charge is 2.31. The molecule has 0 aromatic heterocycles. The fourth-order valence-electron chi connectivity index (χ4n) is 2.82. The highest BCUT2D eigenvalue weighted by molar-refractivity contribution is 5.80. The van der Waals surface area contributed by atoms with Crippen LogP contribution in [-0.4, -0.2) is 12.9 Å². The molecule has 18 heavy (non-hydrogen) atoms. The largest absolute Gasteiger partial charge is 0.493 e. The molecule has 0 bridgehead atoms. The Labute approximate surface area is 108 Å². The normalized spacial score (nSPS) is 19.4. The smallest absolute Gasteiger partial charge is 0.153 e. The van der Waals surface area contributed by atoms with Crippen molar-refractivity contribution in [1.82, 2.24) is 0 Å². The summed E-state index contributed by atoms with van der Waals surface area (Å²) < 4.78 is 5.61. The fraction of sp³-hybridized carbons (Fsp3) is 0.562. The van der Waals surface area contributed by atoms with Crippen LogP contribution in [0.4, 0.5) is 0 Å². The molecule has 2 aliphatic carbocycles. The third kappa shape index (κ3) is 2.05. The molecule has 0 saturated heterocycles. The highest BCUT2D eigenvalue weighted by Crippen LogP contribution is 2.48. The maximum Gasteiger partial charge on any atom is 0.153 e. The number of hydrogen-bond donors (Lipinski definition) is 0. The summed E-state index contributed by atoms with van der Waals surface area (Å²) in [6.07, 6.45) is 7.44. The number of aldehydes is 1. The Hall–Kier alpha value is -1.31. The first-order valence-corrected chi connectivity index (χ1v) is 7.09. The Kier molecular flexibility index (Phi) is 3.11. The highest BCUT2D eigenvalue weighted by atomic mass is 16.5. The summed E-state index contributed by atoms with van der Waals surface area (Å²) in [5, 5.41) is 0.